The van der Waals surface area contributed by atoms with Gasteiger partial charge in [0.1, 0.15) is 9.52 Å². The summed E-state index contributed by atoms with van der Waals surface area (Å²) in [5.41, 5.74) is 14.6. The summed E-state index contributed by atoms with van der Waals surface area (Å²) in [5, 5.41) is 4.98. The van der Waals surface area contributed by atoms with Gasteiger partial charge in [0.25, 0.3) is 0 Å². The molecule has 0 amide bonds. The number of hydrogen-bond donors (Lipinski definition) is 0. The second-order valence-corrected chi connectivity index (χ2v) is 16.0. The van der Waals surface area contributed by atoms with Crippen LogP contribution in [-0.4, -0.2) is 9.52 Å². The van der Waals surface area contributed by atoms with Gasteiger partial charge in [-0.1, -0.05) is 121 Å². The van der Waals surface area contributed by atoms with E-state index >= 15 is 0 Å². The Morgan fingerprint density at radius 3 is 1.22 bits per heavy atom. The van der Waals surface area contributed by atoms with Crippen LogP contribution in [0.5, 0.6) is 0 Å². The van der Waals surface area contributed by atoms with Crippen LogP contribution in [0.15, 0.2) is 132 Å². The Hall–Kier alpha value is -3.00. The Morgan fingerprint density at radius 1 is 0.435 bits per heavy atom. The van der Waals surface area contributed by atoms with Crippen molar-refractivity contribution in [3.05, 3.63) is 155 Å². The first-order valence-corrected chi connectivity index (χ1v) is 17.3. The van der Waals surface area contributed by atoms with Crippen molar-refractivity contribution in [2.45, 2.75) is 36.7 Å². The minimum Gasteiger partial charge on any atom is -0.114 e. The van der Waals surface area contributed by atoms with Crippen LogP contribution in [0.25, 0.3) is 54.9 Å². The number of fused-ring (bicyclic) bond motifs is 4. The number of halogens is 2. The second-order valence-electron chi connectivity index (χ2n) is 12.5. The summed E-state index contributed by atoms with van der Waals surface area (Å²) in [6, 6.07) is 43.6. The van der Waals surface area contributed by atoms with E-state index in [1.165, 1.54) is 77.2 Å². The van der Waals surface area contributed by atoms with Gasteiger partial charge in [-0.2, -0.15) is 0 Å². The Morgan fingerprint density at radius 2 is 0.783 bits per heavy atom. The van der Waals surface area contributed by atoms with Crippen LogP contribution in [-0.2, 0) is 35.2 Å². The Bertz CT molecular complexity index is 2110. The molecule has 222 valence electrons. The molecule has 0 heterocycles. The zero-order valence-electron chi connectivity index (χ0n) is 26.3. The number of alkyl halides is 2. The molecule has 2 radical (unpaired) electrons. The molecule has 0 bridgehead atoms. The van der Waals surface area contributed by atoms with E-state index in [0.717, 1.165) is 11.1 Å². The van der Waals surface area contributed by atoms with Crippen LogP contribution in [0.4, 0.5) is 0 Å². The number of benzene rings is 6. The predicted octanol–water partition coefficient (Wildman–Crippen LogP) is 12.1. The molecule has 0 saturated heterocycles. The van der Waals surface area contributed by atoms with Crippen LogP contribution in [0.3, 0.4) is 0 Å². The summed E-state index contributed by atoms with van der Waals surface area (Å²) >= 11 is 15.9. The summed E-state index contributed by atoms with van der Waals surface area (Å²) < 4.78 is -1.44. The maximum atomic E-state index is 7.96. The minimum absolute atomic E-state index is 0. The van der Waals surface area contributed by atoms with E-state index in [1.54, 1.807) is 0 Å². The zero-order valence-corrected chi connectivity index (χ0v) is 31.3. The Balaban J connectivity index is 0.00000338. The van der Waals surface area contributed by atoms with Crippen LogP contribution >= 0.6 is 23.2 Å². The SMILES string of the molecule is CC1=C(C)C(Cl)([Si]C2(Cl)C(C)=C(C)c3c(-c4cccc5ccccc45)cccc32)c2cccc(-c3cccc4ccccc34)c21.[Zr]. The standard InChI is InChI=1S/C42H32Cl2Si.Zr/c1-25-27(3)41(43,37-23-11-21-35(39(25)37)33-19-9-15-29-13-5-7-17-31(29)33)45-42(44)28(4)26(2)40-36(22-12-24-38(40)42)34-20-10-16-30-14-6-8-18-32(30)34;/h5-24H,1-4H3;. The van der Waals surface area contributed by atoms with Gasteiger partial charge in [-0.3, -0.25) is 0 Å². The van der Waals surface area contributed by atoms with Crippen molar-refractivity contribution >= 4 is 65.4 Å². The third-order valence-corrected chi connectivity index (χ3v) is 13.8. The smallest absolute Gasteiger partial charge is 0.114 e. The summed E-state index contributed by atoms with van der Waals surface area (Å²) in [4.78, 5) is 0. The maximum Gasteiger partial charge on any atom is 0.118 e. The number of allylic oxidation sites excluding steroid dienone is 4. The molecular formula is C42H32Cl2SiZr. The van der Waals surface area contributed by atoms with Crippen molar-refractivity contribution < 1.29 is 26.2 Å². The van der Waals surface area contributed by atoms with E-state index in [1.807, 2.05) is 0 Å². The van der Waals surface area contributed by atoms with Gasteiger partial charge in [0.2, 0.25) is 0 Å². The normalized spacial score (nSPS) is 20.3. The van der Waals surface area contributed by atoms with E-state index < -0.39 is 8.99 Å². The molecule has 2 aliphatic carbocycles. The van der Waals surface area contributed by atoms with E-state index in [9.17, 15) is 0 Å². The van der Waals surface area contributed by atoms with Crippen molar-refractivity contribution in [1.82, 2.24) is 0 Å². The molecule has 6 aromatic rings. The van der Waals surface area contributed by atoms with Crippen LogP contribution < -0.4 is 0 Å². The van der Waals surface area contributed by atoms with Crippen LogP contribution in [0.2, 0.25) is 0 Å². The van der Waals surface area contributed by atoms with Gasteiger partial charge in [0.15, 0.2) is 0 Å². The fourth-order valence-corrected chi connectivity index (χ4v) is 11.2. The third-order valence-electron chi connectivity index (χ3n) is 10.3. The zero-order chi connectivity index (χ0) is 31.1. The molecule has 2 atom stereocenters. The van der Waals surface area contributed by atoms with Gasteiger partial charge in [-0.05, 0) is 116 Å². The van der Waals surface area contributed by atoms with Crippen molar-refractivity contribution in [2.24, 2.45) is 0 Å². The van der Waals surface area contributed by atoms with Gasteiger partial charge in [0.05, 0.1) is 8.99 Å². The molecule has 0 fully saturated rings. The van der Waals surface area contributed by atoms with Gasteiger partial charge >= 0.3 is 0 Å². The molecule has 0 aromatic heterocycles. The van der Waals surface area contributed by atoms with E-state index in [0.29, 0.717) is 0 Å². The van der Waals surface area contributed by atoms with E-state index in [2.05, 4.69) is 149 Å². The summed E-state index contributed by atoms with van der Waals surface area (Å²) in [6.45, 7) is 8.87. The molecule has 6 aromatic carbocycles. The maximum absolute atomic E-state index is 7.96. The topological polar surface area (TPSA) is 0 Å². The molecule has 0 aliphatic heterocycles. The van der Waals surface area contributed by atoms with Crippen molar-refractivity contribution in [2.75, 3.05) is 0 Å². The average molecular weight is 727 g/mol. The van der Waals surface area contributed by atoms with Crippen LogP contribution in [0, 0.1) is 0 Å². The van der Waals surface area contributed by atoms with Crippen molar-refractivity contribution in [3.63, 3.8) is 0 Å². The number of rotatable bonds is 4. The largest absolute Gasteiger partial charge is 0.118 e. The van der Waals surface area contributed by atoms with Crippen molar-refractivity contribution in [1.29, 1.82) is 0 Å². The molecule has 0 N–H and O–H groups in total. The molecule has 0 spiro atoms. The molecule has 0 saturated carbocycles. The molecule has 2 aliphatic rings. The first-order chi connectivity index (χ1) is 21.7. The quantitative estimate of drug-likeness (QED) is 0.125. The first-order valence-electron chi connectivity index (χ1n) is 15.5. The monoisotopic (exact) mass is 724 g/mol. The summed E-state index contributed by atoms with van der Waals surface area (Å²) in [6.07, 6.45) is 0. The van der Waals surface area contributed by atoms with Gasteiger partial charge in [-0.25, -0.2) is 0 Å². The summed E-state index contributed by atoms with van der Waals surface area (Å²) in [7, 11) is 0.198. The first kappa shape index (κ1) is 31.6. The second kappa shape index (κ2) is 11.6. The van der Waals surface area contributed by atoms with E-state index in [-0.39, 0.29) is 35.7 Å². The van der Waals surface area contributed by atoms with Gasteiger partial charge in [0, 0.05) is 26.2 Å². The van der Waals surface area contributed by atoms with E-state index in [4.69, 9.17) is 23.2 Å². The Kier molecular flexibility index (Phi) is 7.97. The number of hydrogen-bond acceptors (Lipinski definition) is 0. The third kappa shape index (κ3) is 4.48. The van der Waals surface area contributed by atoms with Gasteiger partial charge < -0.3 is 0 Å². The summed E-state index contributed by atoms with van der Waals surface area (Å²) in [5.74, 6) is 0. The Labute approximate surface area is 303 Å². The molecule has 0 nitrogen and oxygen atoms in total. The van der Waals surface area contributed by atoms with Crippen LogP contribution in [0.1, 0.15) is 49.9 Å². The minimum atomic E-state index is -0.722. The molecular weight excluding hydrogens is 695 g/mol. The molecule has 4 heteroatoms. The molecule has 46 heavy (non-hydrogen) atoms. The van der Waals surface area contributed by atoms with Gasteiger partial charge in [-0.15, -0.1) is 23.2 Å². The van der Waals surface area contributed by atoms with Crippen molar-refractivity contribution in [3.8, 4) is 22.3 Å². The fraction of sp³-hybridized carbons (Fsp3) is 0.143. The molecule has 8 rings (SSSR count). The molecule has 2 unspecified atom stereocenters. The average Bonchev–Trinajstić information content (AvgIpc) is 3.38. The predicted molar refractivity (Wildman–Crippen MR) is 196 cm³/mol. The fourth-order valence-electron chi connectivity index (χ4n) is 7.71.